The third kappa shape index (κ3) is 4.67. The minimum absolute atomic E-state index is 0.00930. The van der Waals surface area contributed by atoms with Gasteiger partial charge in [0.05, 0.1) is 29.0 Å². The topological polar surface area (TPSA) is 76.3 Å². The number of rotatable bonds is 7. The number of anilines is 3. The molecule has 2 saturated heterocycles. The van der Waals surface area contributed by atoms with Crippen LogP contribution in [0.4, 0.5) is 26.0 Å². The quantitative estimate of drug-likeness (QED) is 0.322. The molecule has 3 unspecified atom stereocenters. The van der Waals surface area contributed by atoms with Crippen LogP contribution in [-0.4, -0.2) is 59.3 Å². The van der Waals surface area contributed by atoms with Gasteiger partial charge >= 0.3 is 0 Å². The lowest BCUT2D eigenvalue weighted by atomic mass is 9.77. The number of hydrogen-bond donors (Lipinski definition) is 3. The number of carbonyl (C=O) groups excluding carboxylic acids is 1. The van der Waals surface area contributed by atoms with E-state index in [1.165, 1.54) is 6.07 Å². The van der Waals surface area contributed by atoms with Gasteiger partial charge in [-0.3, -0.25) is 14.8 Å². The van der Waals surface area contributed by atoms with Gasteiger partial charge in [-0.25, -0.2) is 8.78 Å². The lowest BCUT2D eigenvalue weighted by molar-refractivity contribution is -0.130. The number of likely N-dealkylation sites (tertiary alicyclic amines) is 1. The van der Waals surface area contributed by atoms with Gasteiger partial charge in [0.15, 0.2) is 5.82 Å². The fraction of sp³-hybridized carbons (Fsp3) is 0.484. The molecule has 3 aliphatic rings. The number of H-pyrrole nitrogens is 1. The van der Waals surface area contributed by atoms with Crippen molar-refractivity contribution < 1.29 is 13.6 Å². The molecule has 41 heavy (non-hydrogen) atoms. The number of hydrogen-bond acceptors (Lipinski definition) is 5. The summed E-state index contributed by atoms with van der Waals surface area (Å²) >= 11 is 6.23. The summed E-state index contributed by atoms with van der Waals surface area (Å²) in [6.45, 7) is 10.7. The molecule has 0 radical (unpaired) electrons. The fourth-order valence-corrected chi connectivity index (χ4v) is 6.81. The van der Waals surface area contributed by atoms with Crippen molar-refractivity contribution in [3.8, 4) is 0 Å². The van der Waals surface area contributed by atoms with Crippen molar-refractivity contribution in [2.45, 2.75) is 64.0 Å². The Morgan fingerprint density at radius 1 is 1.15 bits per heavy atom. The summed E-state index contributed by atoms with van der Waals surface area (Å²) in [5.74, 6) is 0.499. The van der Waals surface area contributed by atoms with Crippen LogP contribution in [0.3, 0.4) is 0 Å². The molecular formula is C31H37ClF2N6O. The molecule has 7 nitrogen and oxygen atoms in total. The first kappa shape index (κ1) is 28.0. The monoisotopic (exact) mass is 582 g/mol. The summed E-state index contributed by atoms with van der Waals surface area (Å²) < 4.78 is 32.3. The maximum atomic E-state index is 16.7. The van der Waals surface area contributed by atoms with Crippen LogP contribution in [0.15, 0.2) is 36.5 Å². The number of nitrogens with one attached hydrogen (secondary N) is 3. The Morgan fingerprint density at radius 3 is 2.66 bits per heavy atom. The molecule has 3 aliphatic heterocycles. The number of aromatic amines is 1. The van der Waals surface area contributed by atoms with Gasteiger partial charge in [-0.2, -0.15) is 5.10 Å². The molecule has 0 aliphatic carbocycles. The number of carbonyl (C=O) groups is 1. The van der Waals surface area contributed by atoms with Crippen LogP contribution in [0.25, 0.3) is 0 Å². The van der Waals surface area contributed by atoms with Gasteiger partial charge in [0.25, 0.3) is 0 Å². The van der Waals surface area contributed by atoms with Gasteiger partial charge in [-0.1, -0.05) is 44.5 Å². The Kier molecular flexibility index (Phi) is 7.22. The number of halogens is 3. The second-order valence-electron chi connectivity index (χ2n) is 12.3. The Morgan fingerprint density at radius 2 is 1.93 bits per heavy atom. The third-order valence-corrected chi connectivity index (χ3v) is 9.65. The molecule has 6 rings (SSSR count). The van der Waals surface area contributed by atoms with Crippen LogP contribution in [0, 0.1) is 17.6 Å². The fourth-order valence-electron chi connectivity index (χ4n) is 6.64. The van der Waals surface area contributed by atoms with Crippen LogP contribution in [0.1, 0.15) is 63.1 Å². The molecular weight excluding hydrogens is 546 g/mol. The maximum absolute atomic E-state index is 16.7. The molecule has 3 N–H and O–H groups in total. The number of fused-ring (bicyclic) bond motifs is 1. The van der Waals surface area contributed by atoms with E-state index >= 15 is 8.78 Å². The van der Waals surface area contributed by atoms with Gasteiger partial charge in [-0.15, -0.1) is 0 Å². The summed E-state index contributed by atoms with van der Waals surface area (Å²) in [7, 11) is 0. The first-order chi connectivity index (χ1) is 19.6. The lowest BCUT2D eigenvalue weighted by Gasteiger charge is -2.45. The van der Waals surface area contributed by atoms with E-state index in [4.69, 9.17) is 11.6 Å². The molecule has 2 aromatic carbocycles. The van der Waals surface area contributed by atoms with Crippen LogP contribution in [-0.2, 0) is 10.2 Å². The largest absolute Gasteiger partial charge is 0.377 e. The summed E-state index contributed by atoms with van der Waals surface area (Å²) in [4.78, 5) is 16.4. The van der Waals surface area contributed by atoms with Gasteiger partial charge in [0.2, 0.25) is 5.91 Å². The van der Waals surface area contributed by atoms with Crippen LogP contribution < -0.4 is 15.5 Å². The molecule has 3 atom stereocenters. The number of aromatic nitrogens is 2. The van der Waals surface area contributed by atoms with Crippen LogP contribution >= 0.6 is 11.6 Å². The minimum atomic E-state index is -1.03. The van der Waals surface area contributed by atoms with E-state index < -0.39 is 17.0 Å². The van der Waals surface area contributed by atoms with Crippen molar-refractivity contribution in [3.05, 3.63) is 69.9 Å². The average Bonchev–Trinajstić information content (AvgIpc) is 3.52. The molecule has 0 bridgehead atoms. The summed E-state index contributed by atoms with van der Waals surface area (Å²) in [5.41, 5.74) is 1.82. The van der Waals surface area contributed by atoms with Crippen LogP contribution in [0.5, 0.6) is 0 Å². The van der Waals surface area contributed by atoms with Crippen molar-refractivity contribution in [3.63, 3.8) is 0 Å². The van der Waals surface area contributed by atoms with E-state index in [-0.39, 0.29) is 28.9 Å². The highest BCUT2D eigenvalue weighted by Crippen LogP contribution is 2.52. The molecule has 10 heteroatoms. The SMILES string of the molecule is CC(C)C(C)c1cn[nH]c1N1CC(C)(c2cccc(Cl)c2F)c2c1ccc(NC1CN(C3CCCNC3=O)C1)c2F. The number of piperidine rings is 1. The molecule has 0 spiro atoms. The number of benzene rings is 2. The zero-order valence-corrected chi connectivity index (χ0v) is 24.7. The molecule has 2 fully saturated rings. The molecule has 218 valence electrons. The molecule has 1 aromatic heterocycles. The Labute approximate surface area is 244 Å². The van der Waals surface area contributed by atoms with E-state index in [1.54, 1.807) is 18.2 Å². The zero-order valence-electron chi connectivity index (χ0n) is 23.9. The molecule has 1 amide bonds. The molecule has 3 aromatic rings. The van der Waals surface area contributed by atoms with Crippen molar-refractivity contribution in [2.24, 2.45) is 5.92 Å². The number of nitrogens with zero attached hydrogens (tertiary/aromatic N) is 3. The lowest BCUT2D eigenvalue weighted by Crippen LogP contribution is -2.63. The van der Waals surface area contributed by atoms with E-state index in [9.17, 15) is 4.79 Å². The highest BCUT2D eigenvalue weighted by molar-refractivity contribution is 6.30. The summed E-state index contributed by atoms with van der Waals surface area (Å²) in [6, 6.07) is 8.47. The highest BCUT2D eigenvalue weighted by atomic mass is 35.5. The molecule has 4 heterocycles. The zero-order chi connectivity index (χ0) is 29.1. The van der Waals surface area contributed by atoms with Crippen molar-refractivity contribution in [2.75, 3.05) is 36.4 Å². The average molecular weight is 583 g/mol. The van der Waals surface area contributed by atoms with E-state index in [2.05, 4.69) is 46.5 Å². The predicted molar refractivity (Wildman–Crippen MR) is 158 cm³/mol. The second kappa shape index (κ2) is 10.6. The van der Waals surface area contributed by atoms with Gasteiger partial charge in [0, 0.05) is 54.0 Å². The number of amides is 1. The van der Waals surface area contributed by atoms with Gasteiger partial charge in [0.1, 0.15) is 11.6 Å². The van der Waals surface area contributed by atoms with E-state index in [1.807, 2.05) is 24.1 Å². The second-order valence-corrected chi connectivity index (χ2v) is 12.7. The van der Waals surface area contributed by atoms with Gasteiger partial charge in [-0.05, 0) is 49.8 Å². The first-order valence-electron chi connectivity index (χ1n) is 14.5. The predicted octanol–water partition coefficient (Wildman–Crippen LogP) is 5.93. The maximum Gasteiger partial charge on any atom is 0.237 e. The normalized spacial score (nSPS) is 23.9. The van der Waals surface area contributed by atoms with Crippen molar-refractivity contribution >= 4 is 34.7 Å². The standard InChI is InChI=1S/C31H37ClF2N6O/c1-17(2)18(3)20-13-36-38-29(20)40-16-31(4,21-7-5-8-22(32)27(21)33)26-24(40)11-10-23(28(26)34)37-19-14-39(15-19)25-9-6-12-35-30(25)41/h5,7-8,10-11,13,17-19,25,37H,6,9,12,14-16H2,1-4H3,(H,35,41)(H,36,38). The van der Waals surface area contributed by atoms with E-state index in [0.29, 0.717) is 48.1 Å². The third-order valence-electron chi connectivity index (χ3n) is 9.36. The minimum Gasteiger partial charge on any atom is -0.377 e. The molecule has 0 saturated carbocycles. The van der Waals surface area contributed by atoms with Crippen molar-refractivity contribution in [1.82, 2.24) is 20.4 Å². The summed E-state index contributed by atoms with van der Waals surface area (Å²) in [6.07, 6.45) is 3.64. The van der Waals surface area contributed by atoms with Crippen LogP contribution in [0.2, 0.25) is 5.02 Å². The summed E-state index contributed by atoms with van der Waals surface area (Å²) in [5, 5.41) is 13.8. The van der Waals surface area contributed by atoms with Gasteiger partial charge < -0.3 is 15.5 Å². The smallest absolute Gasteiger partial charge is 0.237 e. The van der Waals surface area contributed by atoms with Crippen molar-refractivity contribution in [1.29, 1.82) is 0 Å². The Bertz CT molecular complexity index is 1470. The highest BCUT2D eigenvalue weighted by Gasteiger charge is 2.47. The first-order valence-corrected chi connectivity index (χ1v) is 14.8. The Hall–Kier alpha value is -3.17. The Balaban J connectivity index is 1.36. The van der Waals surface area contributed by atoms with E-state index in [0.717, 1.165) is 30.8 Å².